The number of hydrogen-bond acceptors (Lipinski definition) is 1. The Morgan fingerprint density at radius 2 is 2.09 bits per heavy atom. The van der Waals surface area contributed by atoms with Crippen LogP contribution in [0.25, 0.3) is 0 Å². The normalized spacial score (nSPS) is 13.0. The summed E-state index contributed by atoms with van der Waals surface area (Å²) in [6.45, 7) is 6.32. The van der Waals surface area contributed by atoms with E-state index in [0.29, 0.717) is 0 Å². The van der Waals surface area contributed by atoms with E-state index in [1.807, 2.05) is 0 Å². The van der Waals surface area contributed by atoms with E-state index in [4.69, 9.17) is 0 Å². The second-order valence-corrected chi connectivity index (χ2v) is 2.02. The average molecular weight is 154 g/mol. The predicted molar refractivity (Wildman–Crippen MR) is 43.8 cm³/mol. The Kier molecular flexibility index (Phi) is 4.11. The van der Waals surface area contributed by atoms with Gasteiger partial charge in [-0.3, -0.25) is 4.79 Å². The van der Waals surface area contributed by atoms with Crippen LogP contribution in [0.5, 0.6) is 0 Å². The molecule has 1 nitrogen and oxygen atoms in total. The minimum Gasteiger partial charge on any atom is -0.294 e. The molecular formula is C9H11FO. The molecule has 0 bridgehead atoms. The second-order valence-electron chi connectivity index (χ2n) is 2.02. The summed E-state index contributed by atoms with van der Waals surface area (Å²) in [6.07, 6.45) is 3.98. The fourth-order valence-corrected chi connectivity index (χ4v) is 0.646. The van der Waals surface area contributed by atoms with Crippen LogP contribution in [0.15, 0.2) is 36.2 Å². The Morgan fingerprint density at radius 3 is 2.36 bits per heavy atom. The molecule has 0 saturated carbocycles. The lowest BCUT2D eigenvalue weighted by Gasteiger charge is -1.94. The Bertz CT molecular complexity index is 224. The van der Waals surface area contributed by atoms with Crippen LogP contribution in [0, 0.1) is 0 Å². The fourth-order valence-electron chi connectivity index (χ4n) is 0.646. The van der Waals surface area contributed by atoms with Crippen molar-refractivity contribution in [3.63, 3.8) is 0 Å². The van der Waals surface area contributed by atoms with E-state index in [-0.39, 0.29) is 11.4 Å². The highest BCUT2D eigenvalue weighted by Gasteiger charge is 2.03. The molecule has 0 aliphatic rings. The third-order valence-corrected chi connectivity index (χ3v) is 1.15. The summed E-state index contributed by atoms with van der Waals surface area (Å²) in [4.78, 5) is 10.7. The van der Waals surface area contributed by atoms with Crippen molar-refractivity contribution in [1.29, 1.82) is 0 Å². The molecule has 0 N–H and O–H groups in total. The van der Waals surface area contributed by atoms with Crippen molar-refractivity contribution in [3.05, 3.63) is 36.2 Å². The number of carbonyl (C=O) groups is 1. The summed E-state index contributed by atoms with van der Waals surface area (Å²) >= 11 is 0. The monoisotopic (exact) mass is 154 g/mol. The molecular weight excluding hydrogens is 143 g/mol. The number of ketones is 1. The van der Waals surface area contributed by atoms with Crippen molar-refractivity contribution < 1.29 is 9.18 Å². The molecule has 0 unspecified atom stereocenters. The maximum Gasteiger partial charge on any atom is 0.162 e. The van der Waals surface area contributed by atoms with Crippen LogP contribution in [-0.4, -0.2) is 5.78 Å². The number of rotatable bonds is 3. The van der Waals surface area contributed by atoms with Gasteiger partial charge < -0.3 is 0 Å². The maximum absolute atomic E-state index is 12.8. The van der Waals surface area contributed by atoms with E-state index < -0.39 is 5.83 Å². The van der Waals surface area contributed by atoms with Crippen LogP contribution in [-0.2, 0) is 4.79 Å². The molecule has 0 saturated heterocycles. The lowest BCUT2D eigenvalue weighted by atomic mass is 10.1. The van der Waals surface area contributed by atoms with Gasteiger partial charge in [0.2, 0.25) is 0 Å². The number of carbonyl (C=O) groups excluding carboxylic acids is 1. The first-order valence-corrected chi connectivity index (χ1v) is 3.29. The number of allylic oxidation sites excluding steroid dienone is 5. The molecule has 0 heterocycles. The molecule has 0 aromatic heterocycles. The molecule has 0 aromatic carbocycles. The summed E-state index contributed by atoms with van der Waals surface area (Å²) in [7, 11) is 0. The van der Waals surface area contributed by atoms with Crippen LogP contribution in [0.4, 0.5) is 4.39 Å². The van der Waals surface area contributed by atoms with E-state index in [2.05, 4.69) is 6.58 Å². The van der Waals surface area contributed by atoms with E-state index in [1.54, 1.807) is 6.92 Å². The third kappa shape index (κ3) is 2.94. The Labute approximate surface area is 65.9 Å². The Balaban J connectivity index is 4.82. The van der Waals surface area contributed by atoms with Gasteiger partial charge >= 0.3 is 0 Å². The second kappa shape index (κ2) is 4.61. The Hall–Kier alpha value is -1.18. The molecule has 0 aliphatic heterocycles. The minimum atomic E-state index is -0.532. The molecule has 0 aromatic rings. The quantitative estimate of drug-likeness (QED) is 0.451. The van der Waals surface area contributed by atoms with Gasteiger partial charge in [0.15, 0.2) is 5.78 Å². The lowest BCUT2D eigenvalue weighted by molar-refractivity contribution is -0.113. The molecule has 0 fully saturated rings. The van der Waals surface area contributed by atoms with Crippen LogP contribution < -0.4 is 0 Å². The number of hydrogen-bond donors (Lipinski definition) is 0. The summed E-state index contributed by atoms with van der Waals surface area (Å²) < 4.78 is 12.8. The standard InChI is InChI=1S/C9H11FO/c1-4-6-9(10)8(5-2)7(3)11/h4-6H,2H2,1,3H3/b6-4-,9-8-. The Morgan fingerprint density at radius 1 is 1.55 bits per heavy atom. The van der Waals surface area contributed by atoms with Gasteiger partial charge in [0.1, 0.15) is 5.83 Å². The van der Waals surface area contributed by atoms with Gasteiger partial charge in [0.25, 0.3) is 0 Å². The minimum absolute atomic E-state index is 0.0306. The molecule has 0 spiro atoms. The van der Waals surface area contributed by atoms with Crippen molar-refractivity contribution in [3.8, 4) is 0 Å². The lowest BCUT2D eigenvalue weighted by Crippen LogP contribution is -1.94. The first-order chi connectivity index (χ1) is 5.13. The first-order valence-electron chi connectivity index (χ1n) is 3.29. The van der Waals surface area contributed by atoms with Crippen LogP contribution in [0.3, 0.4) is 0 Å². The van der Waals surface area contributed by atoms with Crippen molar-refractivity contribution in [2.24, 2.45) is 0 Å². The molecule has 0 amide bonds. The highest BCUT2D eigenvalue weighted by molar-refractivity contribution is 5.96. The number of halogens is 1. The fraction of sp³-hybridized carbons (Fsp3) is 0.222. The van der Waals surface area contributed by atoms with Gasteiger partial charge in [0.05, 0.1) is 5.57 Å². The van der Waals surface area contributed by atoms with E-state index in [9.17, 15) is 9.18 Å². The van der Waals surface area contributed by atoms with Gasteiger partial charge in [-0.15, -0.1) is 0 Å². The molecule has 0 atom stereocenters. The largest absolute Gasteiger partial charge is 0.294 e. The molecule has 11 heavy (non-hydrogen) atoms. The van der Waals surface area contributed by atoms with E-state index in [0.717, 1.165) is 0 Å². The van der Waals surface area contributed by atoms with Gasteiger partial charge in [-0.05, 0) is 19.9 Å². The topological polar surface area (TPSA) is 17.1 Å². The zero-order valence-electron chi connectivity index (χ0n) is 6.73. The van der Waals surface area contributed by atoms with Crippen molar-refractivity contribution in [2.75, 3.05) is 0 Å². The number of Topliss-reactive ketones (excluding diaryl/α,β-unsaturated/α-hetero) is 1. The summed E-state index contributed by atoms with van der Waals surface area (Å²) in [5.74, 6) is -0.842. The van der Waals surface area contributed by atoms with Gasteiger partial charge in [-0.2, -0.15) is 0 Å². The predicted octanol–water partition coefficient (Wildman–Crippen LogP) is 2.56. The third-order valence-electron chi connectivity index (χ3n) is 1.15. The van der Waals surface area contributed by atoms with E-state index >= 15 is 0 Å². The van der Waals surface area contributed by atoms with Gasteiger partial charge in [-0.25, -0.2) is 4.39 Å². The maximum atomic E-state index is 12.8. The van der Waals surface area contributed by atoms with Gasteiger partial charge in [0, 0.05) is 0 Å². The van der Waals surface area contributed by atoms with Crippen molar-refractivity contribution in [2.45, 2.75) is 13.8 Å². The highest BCUT2D eigenvalue weighted by Crippen LogP contribution is 2.09. The van der Waals surface area contributed by atoms with Crippen molar-refractivity contribution >= 4 is 5.78 Å². The zero-order valence-corrected chi connectivity index (χ0v) is 6.73. The smallest absolute Gasteiger partial charge is 0.162 e. The van der Waals surface area contributed by atoms with Gasteiger partial charge in [-0.1, -0.05) is 18.7 Å². The molecule has 0 radical (unpaired) electrons. The molecule has 2 heteroatoms. The summed E-state index contributed by atoms with van der Waals surface area (Å²) in [6, 6.07) is 0. The summed E-state index contributed by atoms with van der Waals surface area (Å²) in [5.41, 5.74) is 0.0306. The average Bonchev–Trinajstić information content (AvgIpc) is 1.88. The highest BCUT2D eigenvalue weighted by atomic mass is 19.1. The molecule has 60 valence electrons. The van der Waals surface area contributed by atoms with Crippen LogP contribution in [0.2, 0.25) is 0 Å². The first kappa shape index (κ1) is 9.82. The van der Waals surface area contributed by atoms with E-state index in [1.165, 1.54) is 25.2 Å². The summed E-state index contributed by atoms with van der Waals surface area (Å²) in [5, 5.41) is 0. The van der Waals surface area contributed by atoms with Crippen LogP contribution in [0.1, 0.15) is 13.8 Å². The molecule has 0 rings (SSSR count). The van der Waals surface area contributed by atoms with Crippen LogP contribution >= 0.6 is 0 Å². The SMILES string of the molecule is C=C/C(C(C)=O)=C(F)\C=C/C. The van der Waals surface area contributed by atoms with Crippen molar-refractivity contribution in [1.82, 2.24) is 0 Å². The zero-order chi connectivity index (χ0) is 8.85. The molecule has 0 aliphatic carbocycles.